The minimum Gasteiger partial charge on any atom is -0.393 e. The molecule has 1 N–H and O–H groups in total. The van der Waals surface area contributed by atoms with E-state index in [4.69, 9.17) is 0 Å². The smallest absolute Gasteiger partial charge is 0.0601 e. The molecule has 0 aromatic carbocycles. The molecule has 0 amide bonds. The van der Waals surface area contributed by atoms with Crippen molar-refractivity contribution in [3.05, 3.63) is 0 Å². The van der Waals surface area contributed by atoms with Gasteiger partial charge in [-0.1, -0.05) is 39.5 Å². The molecule has 3 unspecified atom stereocenters. The van der Waals surface area contributed by atoms with Gasteiger partial charge in [0.25, 0.3) is 0 Å². The van der Waals surface area contributed by atoms with Gasteiger partial charge >= 0.3 is 0 Å². The molecule has 0 aromatic rings. The predicted molar refractivity (Wildman–Crippen MR) is 59.0 cm³/mol. The molecule has 0 heterocycles. The van der Waals surface area contributed by atoms with E-state index in [1.54, 1.807) is 0 Å². The summed E-state index contributed by atoms with van der Waals surface area (Å²) in [6.07, 6.45) is 7.92. The third-order valence-corrected chi connectivity index (χ3v) is 4.65. The van der Waals surface area contributed by atoms with Crippen molar-refractivity contribution >= 4 is 0 Å². The zero-order valence-electron chi connectivity index (χ0n) is 9.58. The van der Waals surface area contributed by atoms with E-state index in [2.05, 4.69) is 13.8 Å². The second-order valence-corrected chi connectivity index (χ2v) is 5.26. The topological polar surface area (TPSA) is 20.2 Å². The minimum atomic E-state index is 0.0121. The molecule has 3 atom stereocenters. The molecule has 2 rings (SSSR count). The first kappa shape index (κ1) is 10.5. The van der Waals surface area contributed by atoms with Gasteiger partial charge in [-0.05, 0) is 36.5 Å². The van der Waals surface area contributed by atoms with E-state index in [0.29, 0.717) is 11.8 Å². The molecule has 2 aliphatic rings. The SMILES string of the molecule is CCC(CC)C(O)C1C2CCCCC21. The zero-order chi connectivity index (χ0) is 10.1. The summed E-state index contributed by atoms with van der Waals surface area (Å²) < 4.78 is 0. The maximum Gasteiger partial charge on any atom is 0.0601 e. The summed E-state index contributed by atoms with van der Waals surface area (Å²) >= 11 is 0. The first-order valence-corrected chi connectivity index (χ1v) is 6.47. The van der Waals surface area contributed by atoms with E-state index >= 15 is 0 Å². The Morgan fingerprint density at radius 3 is 2.00 bits per heavy atom. The van der Waals surface area contributed by atoms with E-state index in [0.717, 1.165) is 24.7 Å². The Bertz CT molecular complexity index is 174. The standard InChI is InChI=1S/C13H24O/c1-3-9(4-2)13(14)12-10-7-5-6-8-11(10)12/h9-14H,3-8H2,1-2H3. The molecule has 0 bridgehead atoms. The van der Waals surface area contributed by atoms with Crippen LogP contribution in [0.5, 0.6) is 0 Å². The molecular weight excluding hydrogens is 172 g/mol. The van der Waals surface area contributed by atoms with Crippen molar-refractivity contribution in [3.8, 4) is 0 Å². The normalized spacial score (nSPS) is 38.1. The summed E-state index contributed by atoms with van der Waals surface area (Å²) in [4.78, 5) is 0. The third kappa shape index (κ3) is 1.71. The van der Waals surface area contributed by atoms with Crippen LogP contribution in [-0.2, 0) is 0 Å². The van der Waals surface area contributed by atoms with Gasteiger partial charge in [-0.25, -0.2) is 0 Å². The molecular formula is C13H24O. The fourth-order valence-corrected chi connectivity index (χ4v) is 3.64. The summed E-state index contributed by atoms with van der Waals surface area (Å²) in [7, 11) is 0. The van der Waals surface area contributed by atoms with Crippen molar-refractivity contribution in [2.45, 2.75) is 58.5 Å². The van der Waals surface area contributed by atoms with Gasteiger partial charge in [0, 0.05) is 0 Å². The molecule has 0 aliphatic heterocycles. The first-order chi connectivity index (χ1) is 6.79. The lowest BCUT2D eigenvalue weighted by Crippen LogP contribution is -2.22. The molecule has 0 radical (unpaired) electrons. The quantitative estimate of drug-likeness (QED) is 0.732. The number of hydrogen-bond donors (Lipinski definition) is 1. The van der Waals surface area contributed by atoms with Crippen LogP contribution in [0.4, 0.5) is 0 Å². The Morgan fingerprint density at radius 1 is 1.07 bits per heavy atom. The van der Waals surface area contributed by atoms with Crippen LogP contribution in [0.15, 0.2) is 0 Å². The first-order valence-electron chi connectivity index (χ1n) is 6.47. The van der Waals surface area contributed by atoms with E-state index in [-0.39, 0.29) is 6.10 Å². The molecule has 2 saturated carbocycles. The maximum atomic E-state index is 10.3. The Hall–Kier alpha value is -0.0400. The third-order valence-electron chi connectivity index (χ3n) is 4.65. The van der Waals surface area contributed by atoms with Crippen molar-refractivity contribution in [3.63, 3.8) is 0 Å². The largest absolute Gasteiger partial charge is 0.393 e. The lowest BCUT2D eigenvalue weighted by Gasteiger charge is -2.20. The Labute approximate surface area is 87.9 Å². The van der Waals surface area contributed by atoms with Gasteiger partial charge < -0.3 is 5.11 Å². The van der Waals surface area contributed by atoms with Crippen LogP contribution in [0.1, 0.15) is 52.4 Å². The van der Waals surface area contributed by atoms with Gasteiger partial charge in [0.2, 0.25) is 0 Å². The van der Waals surface area contributed by atoms with Crippen molar-refractivity contribution in [1.82, 2.24) is 0 Å². The van der Waals surface area contributed by atoms with E-state index in [1.807, 2.05) is 0 Å². The molecule has 0 saturated heterocycles. The van der Waals surface area contributed by atoms with E-state index < -0.39 is 0 Å². The molecule has 2 aliphatic carbocycles. The number of hydrogen-bond acceptors (Lipinski definition) is 1. The van der Waals surface area contributed by atoms with E-state index in [1.165, 1.54) is 25.7 Å². The monoisotopic (exact) mass is 196 g/mol. The second kappa shape index (κ2) is 4.22. The van der Waals surface area contributed by atoms with Gasteiger partial charge in [0.1, 0.15) is 0 Å². The summed E-state index contributed by atoms with van der Waals surface area (Å²) in [5, 5.41) is 10.3. The molecule has 1 nitrogen and oxygen atoms in total. The zero-order valence-corrected chi connectivity index (χ0v) is 9.58. The highest BCUT2D eigenvalue weighted by Gasteiger charge is 2.54. The second-order valence-electron chi connectivity index (χ2n) is 5.26. The summed E-state index contributed by atoms with van der Waals surface area (Å²) in [6, 6.07) is 0. The van der Waals surface area contributed by atoms with Crippen molar-refractivity contribution in [2.75, 3.05) is 0 Å². The van der Waals surface area contributed by atoms with Crippen molar-refractivity contribution < 1.29 is 5.11 Å². The highest BCUT2D eigenvalue weighted by atomic mass is 16.3. The summed E-state index contributed by atoms with van der Waals surface area (Å²) in [6.45, 7) is 4.42. The van der Waals surface area contributed by atoms with Gasteiger partial charge in [0.15, 0.2) is 0 Å². The van der Waals surface area contributed by atoms with Crippen LogP contribution in [0, 0.1) is 23.7 Å². The molecule has 1 heteroatoms. The maximum absolute atomic E-state index is 10.3. The molecule has 0 aromatic heterocycles. The fraction of sp³-hybridized carbons (Fsp3) is 1.00. The number of fused-ring (bicyclic) bond motifs is 1. The lowest BCUT2D eigenvalue weighted by molar-refractivity contribution is 0.0731. The highest BCUT2D eigenvalue weighted by Crippen LogP contribution is 2.58. The van der Waals surface area contributed by atoms with Gasteiger partial charge in [-0.2, -0.15) is 0 Å². The van der Waals surface area contributed by atoms with Crippen LogP contribution in [-0.4, -0.2) is 11.2 Å². The number of rotatable bonds is 4. The van der Waals surface area contributed by atoms with Gasteiger partial charge in [-0.15, -0.1) is 0 Å². The van der Waals surface area contributed by atoms with Crippen LogP contribution < -0.4 is 0 Å². The average Bonchev–Trinajstić information content (AvgIpc) is 2.93. The Kier molecular flexibility index (Phi) is 3.16. The summed E-state index contributed by atoms with van der Waals surface area (Å²) in [5.74, 6) is 3.05. The minimum absolute atomic E-state index is 0.0121. The Balaban J connectivity index is 1.89. The molecule has 2 fully saturated rings. The fourth-order valence-electron chi connectivity index (χ4n) is 3.64. The van der Waals surface area contributed by atoms with E-state index in [9.17, 15) is 5.11 Å². The number of aliphatic hydroxyl groups is 1. The molecule has 0 spiro atoms. The molecule has 82 valence electrons. The predicted octanol–water partition coefficient (Wildman–Crippen LogP) is 3.22. The summed E-state index contributed by atoms with van der Waals surface area (Å²) in [5.41, 5.74) is 0. The Morgan fingerprint density at radius 2 is 1.57 bits per heavy atom. The van der Waals surface area contributed by atoms with Crippen molar-refractivity contribution in [1.29, 1.82) is 0 Å². The molecule has 14 heavy (non-hydrogen) atoms. The van der Waals surface area contributed by atoms with Crippen LogP contribution in [0.25, 0.3) is 0 Å². The highest BCUT2D eigenvalue weighted by molar-refractivity contribution is 5.03. The van der Waals surface area contributed by atoms with Gasteiger partial charge in [0.05, 0.1) is 6.10 Å². The van der Waals surface area contributed by atoms with Gasteiger partial charge in [-0.3, -0.25) is 0 Å². The van der Waals surface area contributed by atoms with Crippen molar-refractivity contribution in [2.24, 2.45) is 23.7 Å². The average molecular weight is 196 g/mol. The lowest BCUT2D eigenvalue weighted by atomic mass is 9.92. The van der Waals surface area contributed by atoms with Crippen LogP contribution in [0.3, 0.4) is 0 Å². The van der Waals surface area contributed by atoms with Crippen LogP contribution >= 0.6 is 0 Å². The van der Waals surface area contributed by atoms with Crippen LogP contribution in [0.2, 0.25) is 0 Å². The number of aliphatic hydroxyl groups excluding tert-OH is 1.